The van der Waals surface area contributed by atoms with Gasteiger partial charge in [-0.05, 0) is 6.07 Å². The Hall–Kier alpha value is -1.17. The highest BCUT2D eigenvalue weighted by Crippen LogP contribution is 2.20. The van der Waals surface area contributed by atoms with E-state index < -0.39 is 0 Å². The Morgan fingerprint density at radius 2 is 2.40 bits per heavy atom. The Labute approximate surface area is 122 Å². The molecule has 1 N–H and O–H groups in total. The minimum atomic E-state index is -0.362. The topological polar surface area (TPSA) is 41.6 Å². The third-order valence-electron chi connectivity index (χ3n) is 3.23. The van der Waals surface area contributed by atoms with Crippen molar-refractivity contribution >= 4 is 17.5 Å². The van der Waals surface area contributed by atoms with E-state index in [1.807, 2.05) is 0 Å². The number of hydrogen-bond donors (Lipinski definition) is 1. The number of carbonyl (C=O) groups is 1. The van der Waals surface area contributed by atoms with Gasteiger partial charge in [-0.3, -0.25) is 9.69 Å². The summed E-state index contributed by atoms with van der Waals surface area (Å²) < 4.78 is 19.4. The Morgan fingerprint density at radius 3 is 3.15 bits per heavy atom. The second-order valence-corrected chi connectivity index (χ2v) is 5.29. The van der Waals surface area contributed by atoms with E-state index in [2.05, 4.69) is 10.2 Å². The summed E-state index contributed by atoms with van der Waals surface area (Å²) in [5.74, 6) is -0.439. The number of amides is 1. The molecule has 0 spiro atoms. The molecule has 1 saturated heterocycles. The fraction of sp³-hybridized carbons (Fsp3) is 0.500. The molecule has 4 nitrogen and oxygen atoms in total. The lowest BCUT2D eigenvalue weighted by molar-refractivity contribution is -0.120. The highest BCUT2D eigenvalue weighted by Gasteiger charge is 2.21. The van der Waals surface area contributed by atoms with Gasteiger partial charge in [-0.2, -0.15) is 0 Å². The number of nitrogens with one attached hydrogen (secondary N) is 1. The molecule has 1 amide bonds. The summed E-state index contributed by atoms with van der Waals surface area (Å²) in [4.78, 5) is 13.0. The largest absolute Gasteiger partial charge is 0.374 e. The van der Waals surface area contributed by atoms with Crippen LogP contribution in [0.3, 0.4) is 0 Å². The number of rotatable bonds is 4. The Bertz CT molecular complexity index is 484. The van der Waals surface area contributed by atoms with Gasteiger partial charge in [-0.15, -0.1) is 0 Å². The predicted molar refractivity (Wildman–Crippen MR) is 75.1 cm³/mol. The monoisotopic (exact) mass is 300 g/mol. The van der Waals surface area contributed by atoms with Crippen LogP contribution in [-0.2, 0) is 16.1 Å². The first-order valence-corrected chi connectivity index (χ1v) is 6.95. The van der Waals surface area contributed by atoms with E-state index in [4.69, 9.17) is 16.3 Å². The predicted octanol–water partition coefficient (Wildman–Crippen LogP) is 1.82. The lowest BCUT2D eigenvalue weighted by atomic mass is 10.1. The van der Waals surface area contributed by atoms with E-state index in [1.165, 1.54) is 6.92 Å². The van der Waals surface area contributed by atoms with Crippen molar-refractivity contribution in [1.29, 1.82) is 0 Å². The molecule has 1 aromatic carbocycles. The molecule has 0 saturated carbocycles. The third-order valence-corrected chi connectivity index (χ3v) is 3.52. The van der Waals surface area contributed by atoms with Gasteiger partial charge in [-0.25, -0.2) is 4.39 Å². The van der Waals surface area contributed by atoms with Gasteiger partial charge < -0.3 is 10.1 Å². The highest BCUT2D eigenvalue weighted by atomic mass is 35.5. The Morgan fingerprint density at radius 1 is 1.60 bits per heavy atom. The number of morpholine rings is 1. The number of halogens is 2. The van der Waals surface area contributed by atoms with Crippen molar-refractivity contribution in [3.05, 3.63) is 34.6 Å². The van der Waals surface area contributed by atoms with Gasteiger partial charge in [0.2, 0.25) is 5.91 Å². The van der Waals surface area contributed by atoms with Gasteiger partial charge in [0.15, 0.2) is 0 Å². The fourth-order valence-electron chi connectivity index (χ4n) is 2.22. The summed E-state index contributed by atoms with van der Waals surface area (Å²) in [5.41, 5.74) is 0.581. The van der Waals surface area contributed by atoms with Crippen molar-refractivity contribution in [3.8, 4) is 0 Å². The molecule has 1 aliphatic rings. The number of hydrogen-bond acceptors (Lipinski definition) is 3. The summed E-state index contributed by atoms with van der Waals surface area (Å²) in [7, 11) is 0. The summed E-state index contributed by atoms with van der Waals surface area (Å²) in [5, 5.41) is 2.88. The molecule has 110 valence electrons. The molecule has 1 heterocycles. The molecular formula is C14H18ClFN2O2. The minimum Gasteiger partial charge on any atom is -0.374 e. The molecule has 20 heavy (non-hydrogen) atoms. The van der Waals surface area contributed by atoms with Crippen LogP contribution in [0.1, 0.15) is 12.5 Å². The Kier molecular flexibility index (Phi) is 5.34. The zero-order chi connectivity index (χ0) is 14.5. The number of nitrogens with zero attached hydrogens (tertiary/aromatic N) is 1. The van der Waals surface area contributed by atoms with Gasteiger partial charge in [0.05, 0.1) is 17.7 Å². The molecule has 1 aliphatic heterocycles. The van der Waals surface area contributed by atoms with Gasteiger partial charge in [-0.1, -0.05) is 23.7 Å². The molecule has 1 aromatic rings. The van der Waals surface area contributed by atoms with Crippen molar-refractivity contribution < 1.29 is 13.9 Å². The van der Waals surface area contributed by atoms with E-state index in [-0.39, 0.29) is 22.9 Å². The van der Waals surface area contributed by atoms with Crippen LogP contribution in [0.5, 0.6) is 0 Å². The van der Waals surface area contributed by atoms with E-state index >= 15 is 0 Å². The number of benzene rings is 1. The van der Waals surface area contributed by atoms with Crippen molar-refractivity contribution in [3.63, 3.8) is 0 Å². The SMILES string of the molecule is CC(=O)NCC1CN(Cc2cccc(Cl)c2F)CCO1. The van der Waals surface area contributed by atoms with Crippen LogP contribution in [0.4, 0.5) is 4.39 Å². The number of carbonyl (C=O) groups excluding carboxylic acids is 1. The van der Waals surface area contributed by atoms with Crippen LogP contribution in [0.15, 0.2) is 18.2 Å². The molecule has 0 radical (unpaired) electrons. The van der Waals surface area contributed by atoms with Crippen LogP contribution < -0.4 is 5.32 Å². The first kappa shape index (κ1) is 15.2. The molecule has 1 fully saturated rings. The summed E-state index contributed by atoms with van der Waals surface area (Å²) in [6.45, 7) is 4.42. The Balaban J connectivity index is 1.92. The summed E-state index contributed by atoms with van der Waals surface area (Å²) in [6.07, 6.45) is -0.0603. The molecule has 6 heteroatoms. The smallest absolute Gasteiger partial charge is 0.216 e. The average molecular weight is 301 g/mol. The first-order valence-electron chi connectivity index (χ1n) is 6.57. The standard InChI is InChI=1S/C14H18ClFN2O2/c1-10(19)17-7-12-9-18(5-6-20-12)8-11-3-2-4-13(15)14(11)16/h2-4,12H,5-9H2,1H3,(H,17,19). The normalized spacial score (nSPS) is 19.9. The number of ether oxygens (including phenoxy) is 1. The first-order chi connectivity index (χ1) is 9.56. The molecule has 0 aromatic heterocycles. The van der Waals surface area contributed by atoms with E-state index in [0.29, 0.717) is 31.8 Å². The molecular weight excluding hydrogens is 283 g/mol. The molecule has 0 aliphatic carbocycles. The molecule has 2 rings (SSSR count). The van der Waals surface area contributed by atoms with Crippen LogP contribution in [0.2, 0.25) is 5.02 Å². The zero-order valence-electron chi connectivity index (χ0n) is 11.4. The summed E-state index contributed by atoms with van der Waals surface area (Å²) in [6, 6.07) is 5.02. The van der Waals surface area contributed by atoms with Crippen LogP contribution >= 0.6 is 11.6 Å². The van der Waals surface area contributed by atoms with Crippen LogP contribution in [0, 0.1) is 5.82 Å². The van der Waals surface area contributed by atoms with E-state index in [0.717, 1.165) is 6.54 Å². The van der Waals surface area contributed by atoms with Crippen LogP contribution in [-0.4, -0.2) is 43.2 Å². The average Bonchev–Trinajstić information content (AvgIpc) is 2.42. The minimum absolute atomic E-state index is 0.0603. The summed E-state index contributed by atoms with van der Waals surface area (Å²) >= 11 is 5.78. The van der Waals surface area contributed by atoms with Gasteiger partial charge in [0, 0.05) is 38.7 Å². The maximum Gasteiger partial charge on any atom is 0.216 e. The lowest BCUT2D eigenvalue weighted by Crippen LogP contribution is -2.46. The van der Waals surface area contributed by atoms with Crippen LogP contribution in [0.25, 0.3) is 0 Å². The van der Waals surface area contributed by atoms with Gasteiger partial charge in [0.1, 0.15) is 5.82 Å². The molecule has 1 unspecified atom stereocenters. The zero-order valence-corrected chi connectivity index (χ0v) is 12.1. The third kappa shape index (κ3) is 4.16. The second kappa shape index (κ2) is 7.02. The highest BCUT2D eigenvalue weighted by molar-refractivity contribution is 6.30. The van der Waals surface area contributed by atoms with Gasteiger partial charge >= 0.3 is 0 Å². The van der Waals surface area contributed by atoms with Crippen molar-refractivity contribution in [1.82, 2.24) is 10.2 Å². The molecule has 0 bridgehead atoms. The van der Waals surface area contributed by atoms with E-state index in [1.54, 1.807) is 18.2 Å². The fourth-order valence-corrected chi connectivity index (χ4v) is 2.41. The molecule has 1 atom stereocenters. The second-order valence-electron chi connectivity index (χ2n) is 4.88. The van der Waals surface area contributed by atoms with Crippen molar-refractivity contribution in [2.45, 2.75) is 19.6 Å². The van der Waals surface area contributed by atoms with E-state index in [9.17, 15) is 9.18 Å². The lowest BCUT2D eigenvalue weighted by Gasteiger charge is -2.33. The van der Waals surface area contributed by atoms with Crippen molar-refractivity contribution in [2.24, 2.45) is 0 Å². The maximum atomic E-state index is 13.9. The maximum absolute atomic E-state index is 13.9. The van der Waals surface area contributed by atoms with Gasteiger partial charge in [0.25, 0.3) is 0 Å². The quantitative estimate of drug-likeness (QED) is 0.922. The van der Waals surface area contributed by atoms with Crippen molar-refractivity contribution in [2.75, 3.05) is 26.2 Å².